The molecule has 0 saturated heterocycles. The lowest BCUT2D eigenvalue weighted by Gasteiger charge is -2.15. The van der Waals surface area contributed by atoms with Gasteiger partial charge < -0.3 is 0 Å². The SMILES string of the molecule is FC(F)(F)c1cc(CCl)c(Br)c(C(F)(F)F)c1. The molecule has 0 nitrogen and oxygen atoms in total. The molecule has 0 amide bonds. The predicted molar refractivity (Wildman–Crippen MR) is 53.7 cm³/mol. The van der Waals surface area contributed by atoms with E-state index in [0.29, 0.717) is 6.07 Å². The molecule has 0 aliphatic rings. The number of hydrogen-bond acceptors (Lipinski definition) is 0. The molecule has 0 fully saturated rings. The molecule has 0 N–H and O–H groups in total. The first kappa shape index (κ1) is 14.6. The van der Waals surface area contributed by atoms with Gasteiger partial charge in [0.2, 0.25) is 0 Å². The molecule has 1 aromatic rings. The lowest BCUT2D eigenvalue weighted by molar-refractivity contribution is -0.143. The summed E-state index contributed by atoms with van der Waals surface area (Å²) in [6.07, 6.45) is -9.72. The fourth-order valence-electron chi connectivity index (χ4n) is 1.15. The van der Waals surface area contributed by atoms with Crippen LogP contribution in [0.4, 0.5) is 26.3 Å². The molecule has 1 rings (SSSR count). The molecule has 0 aliphatic heterocycles. The van der Waals surface area contributed by atoms with Crippen molar-refractivity contribution in [3.05, 3.63) is 33.3 Å². The number of halogens is 8. The van der Waals surface area contributed by atoms with E-state index in [1.54, 1.807) is 0 Å². The number of alkyl halides is 7. The van der Waals surface area contributed by atoms with Crippen molar-refractivity contribution in [1.82, 2.24) is 0 Å². The van der Waals surface area contributed by atoms with Crippen LogP contribution in [0.5, 0.6) is 0 Å². The Morgan fingerprint density at radius 1 is 1.00 bits per heavy atom. The van der Waals surface area contributed by atoms with Gasteiger partial charge in [-0.05, 0) is 33.6 Å². The van der Waals surface area contributed by atoms with E-state index >= 15 is 0 Å². The summed E-state index contributed by atoms with van der Waals surface area (Å²) in [6.45, 7) is 0. The summed E-state index contributed by atoms with van der Waals surface area (Å²) in [5.41, 5.74) is -3.01. The zero-order chi connectivity index (χ0) is 13.4. The summed E-state index contributed by atoms with van der Waals surface area (Å²) in [7, 11) is 0. The maximum atomic E-state index is 12.5. The molecule has 0 radical (unpaired) electrons. The minimum atomic E-state index is -4.87. The topological polar surface area (TPSA) is 0 Å². The van der Waals surface area contributed by atoms with Crippen molar-refractivity contribution in [1.29, 1.82) is 0 Å². The lowest BCUT2D eigenvalue weighted by Crippen LogP contribution is -2.12. The number of hydrogen-bond donors (Lipinski definition) is 0. The van der Waals surface area contributed by atoms with Crippen LogP contribution >= 0.6 is 27.5 Å². The Hall–Kier alpha value is -0.430. The second kappa shape index (κ2) is 4.68. The normalized spacial score (nSPS) is 12.9. The van der Waals surface area contributed by atoms with E-state index < -0.39 is 33.8 Å². The Morgan fingerprint density at radius 3 is 1.88 bits per heavy atom. The van der Waals surface area contributed by atoms with Gasteiger partial charge in [-0.1, -0.05) is 0 Å². The Kier molecular flexibility index (Phi) is 4.03. The predicted octanol–water partition coefficient (Wildman–Crippen LogP) is 5.23. The minimum absolute atomic E-state index is 0.0557. The smallest absolute Gasteiger partial charge is 0.166 e. The second-order valence-electron chi connectivity index (χ2n) is 3.13. The highest BCUT2D eigenvalue weighted by Crippen LogP contribution is 2.41. The van der Waals surface area contributed by atoms with Crippen LogP contribution in [-0.4, -0.2) is 0 Å². The third kappa shape index (κ3) is 3.28. The molecule has 1 aromatic carbocycles. The zero-order valence-electron chi connectivity index (χ0n) is 7.89. The van der Waals surface area contributed by atoms with Gasteiger partial charge in [-0.3, -0.25) is 0 Å². The summed E-state index contributed by atoms with van der Waals surface area (Å²) < 4.78 is 74.1. The van der Waals surface area contributed by atoms with Gasteiger partial charge in [0.1, 0.15) is 0 Å². The van der Waals surface area contributed by atoms with Crippen LogP contribution in [-0.2, 0) is 18.2 Å². The minimum Gasteiger partial charge on any atom is -0.166 e. The van der Waals surface area contributed by atoms with E-state index in [9.17, 15) is 26.3 Å². The van der Waals surface area contributed by atoms with Gasteiger partial charge in [0, 0.05) is 10.4 Å². The van der Waals surface area contributed by atoms with Gasteiger partial charge in [0.25, 0.3) is 0 Å². The molecule has 0 aromatic heterocycles. The first-order valence-electron chi connectivity index (χ1n) is 4.10. The van der Waals surface area contributed by atoms with Crippen LogP contribution in [0, 0.1) is 0 Å². The van der Waals surface area contributed by atoms with E-state index in [-0.39, 0.29) is 11.6 Å². The fraction of sp³-hybridized carbons (Fsp3) is 0.333. The summed E-state index contributed by atoms with van der Waals surface area (Å²) in [5, 5.41) is 0. The van der Waals surface area contributed by atoms with Crippen molar-refractivity contribution in [2.75, 3.05) is 0 Å². The quantitative estimate of drug-likeness (QED) is 0.485. The molecule has 0 atom stereocenters. The third-order valence-electron chi connectivity index (χ3n) is 1.92. The summed E-state index contributed by atoms with van der Waals surface area (Å²) in [6, 6.07) is 0.645. The molecule has 0 bridgehead atoms. The molecule has 0 aliphatic carbocycles. The molecule has 0 saturated carbocycles. The molecule has 96 valence electrons. The van der Waals surface area contributed by atoms with Crippen molar-refractivity contribution in [2.45, 2.75) is 18.2 Å². The van der Waals surface area contributed by atoms with Crippen LogP contribution in [0.1, 0.15) is 16.7 Å². The lowest BCUT2D eigenvalue weighted by atomic mass is 10.1. The molecular formula is C9H4BrClF6. The maximum absolute atomic E-state index is 12.5. The van der Waals surface area contributed by atoms with Gasteiger partial charge in [-0.2, -0.15) is 26.3 Å². The zero-order valence-corrected chi connectivity index (χ0v) is 10.2. The first-order valence-corrected chi connectivity index (χ1v) is 5.43. The van der Waals surface area contributed by atoms with Crippen LogP contribution in [0.2, 0.25) is 0 Å². The Bertz CT molecular complexity index is 423. The Labute approximate surface area is 106 Å². The van der Waals surface area contributed by atoms with E-state index in [1.807, 2.05) is 0 Å². The summed E-state index contributed by atoms with van der Waals surface area (Å²) in [4.78, 5) is 0. The maximum Gasteiger partial charge on any atom is 0.417 e. The Morgan fingerprint density at radius 2 is 1.53 bits per heavy atom. The molecule has 17 heavy (non-hydrogen) atoms. The van der Waals surface area contributed by atoms with Crippen LogP contribution in [0.3, 0.4) is 0 Å². The summed E-state index contributed by atoms with van der Waals surface area (Å²) in [5.74, 6) is -0.451. The molecular weight excluding hydrogens is 337 g/mol. The number of rotatable bonds is 1. The van der Waals surface area contributed by atoms with E-state index in [0.717, 1.165) is 0 Å². The van der Waals surface area contributed by atoms with Crippen LogP contribution in [0.25, 0.3) is 0 Å². The van der Waals surface area contributed by atoms with Crippen molar-refractivity contribution in [3.8, 4) is 0 Å². The molecule has 8 heteroatoms. The van der Waals surface area contributed by atoms with Crippen molar-refractivity contribution < 1.29 is 26.3 Å². The fourth-order valence-corrected chi connectivity index (χ4v) is 2.12. The average Bonchev–Trinajstić information content (AvgIpc) is 2.14. The second-order valence-corrected chi connectivity index (χ2v) is 4.19. The van der Waals surface area contributed by atoms with E-state index in [1.165, 1.54) is 0 Å². The highest BCUT2D eigenvalue weighted by Gasteiger charge is 2.38. The van der Waals surface area contributed by atoms with E-state index in [2.05, 4.69) is 15.9 Å². The monoisotopic (exact) mass is 340 g/mol. The average molecular weight is 341 g/mol. The van der Waals surface area contributed by atoms with Gasteiger partial charge in [-0.15, -0.1) is 11.6 Å². The van der Waals surface area contributed by atoms with Crippen LogP contribution in [0.15, 0.2) is 16.6 Å². The van der Waals surface area contributed by atoms with E-state index in [4.69, 9.17) is 11.6 Å². The highest BCUT2D eigenvalue weighted by molar-refractivity contribution is 9.10. The largest absolute Gasteiger partial charge is 0.417 e. The van der Waals surface area contributed by atoms with Gasteiger partial charge in [0.05, 0.1) is 11.1 Å². The Balaban J connectivity index is 3.50. The van der Waals surface area contributed by atoms with Crippen molar-refractivity contribution >= 4 is 27.5 Å². The third-order valence-corrected chi connectivity index (χ3v) is 3.15. The van der Waals surface area contributed by atoms with Crippen molar-refractivity contribution in [3.63, 3.8) is 0 Å². The van der Waals surface area contributed by atoms with Crippen LogP contribution < -0.4 is 0 Å². The highest BCUT2D eigenvalue weighted by atomic mass is 79.9. The molecule has 0 unspecified atom stereocenters. The van der Waals surface area contributed by atoms with Gasteiger partial charge >= 0.3 is 12.4 Å². The first-order chi connectivity index (χ1) is 7.57. The standard InChI is InChI=1S/C9H4BrClF6/c10-7-4(3-11)1-5(8(12,13)14)2-6(7)9(15,16)17/h1-2H,3H2. The van der Waals surface area contributed by atoms with Gasteiger partial charge in [0.15, 0.2) is 0 Å². The van der Waals surface area contributed by atoms with Gasteiger partial charge in [-0.25, -0.2) is 0 Å². The number of benzene rings is 1. The molecule has 0 heterocycles. The summed E-state index contributed by atoms with van der Waals surface area (Å²) >= 11 is 7.92. The molecule has 0 spiro atoms. The van der Waals surface area contributed by atoms with Crippen molar-refractivity contribution in [2.24, 2.45) is 0 Å².